The highest BCUT2D eigenvalue weighted by atomic mass is 16.2. The van der Waals surface area contributed by atoms with E-state index in [1.807, 2.05) is 42.2 Å². The Morgan fingerprint density at radius 2 is 1.71 bits per heavy atom. The summed E-state index contributed by atoms with van der Waals surface area (Å²) < 4.78 is 0. The number of nitrogens with zero attached hydrogens (tertiary/aromatic N) is 1. The number of hydrogen-bond donors (Lipinski definition) is 4. The third kappa shape index (κ3) is 5.08. The summed E-state index contributed by atoms with van der Waals surface area (Å²) in [5.74, 6) is -0.489. The molecule has 0 aromatic heterocycles. The van der Waals surface area contributed by atoms with Crippen LogP contribution in [0.25, 0.3) is 0 Å². The summed E-state index contributed by atoms with van der Waals surface area (Å²) in [6, 6.07) is 9.54. The fourth-order valence-corrected chi connectivity index (χ4v) is 3.71. The molecule has 2 saturated heterocycles. The van der Waals surface area contributed by atoms with E-state index in [1.165, 1.54) is 0 Å². The quantitative estimate of drug-likeness (QED) is 0.559. The Labute approximate surface area is 165 Å². The second-order valence-electron chi connectivity index (χ2n) is 7.42. The van der Waals surface area contributed by atoms with Crippen molar-refractivity contribution in [2.75, 3.05) is 13.1 Å². The molecule has 2 atom stereocenters. The number of likely N-dealkylation sites (tertiary alicyclic amines) is 1. The minimum absolute atomic E-state index is 0.0534. The van der Waals surface area contributed by atoms with Crippen molar-refractivity contribution < 1.29 is 14.4 Å². The van der Waals surface area contributed by atoms with Gasteiger partial charge < -0.3 is 4.90 Å². The van der Waals surface area contributed by atoms with Crippen LogP contribution in [0, 0.1) is 5.92 Å². The molecule has 2 fully saturated rings. The number of hydrogen-bond acceptors (Lipinski definition) is 5. The van der Waals surface area contributed by atoms with E-state index in [9.17, 15) is 14.4 Å². The number of rotatable bonds is 5. The van der Waals surface area contributed by atoms with Crippen LogP contribution in [-0.2, 0) is 14.4 Å². The lowest BCUT2D eigenvalue weighted by Gasteiger charge is -2.31. The summed E-state index contributed by atoms with van der Waals surface area (Å²) in [6.45, 7) is 3.17. The molecule has 2 aliphatic rings. The van der Waals surface area contributed by atoms with Crippen molar-refractivity contribution in [3.05, 3.63) is 35.9 Å². The average molecular weight is 387 g/mol. The Bertz CT molecular complexity index is 688. The van der Waals surface area contributed by atoms with E-state index in [0.717, 1.165) is 12.0 Å². The number of benzene rings is 1. The average Bonchev–Trinajstić information content (AvgIpc) is 3.23. The normalized spacial score (nSPS) is 22.7. The summed E-state index contributed by atoms with van der Waals surface area (Å²) in [5, 5.41) is 0. The lowest BCUT2D eigenvalue weighted by molar-refractivity contribution is -0.136. The predicted octanol–water partition coefficient (Wildman–Crippen LogP) is 0.780. The minimum Gasteiger partial charge on any atom is -0.343 e. The fourth-order valence-electron chi connectivity index (χ4n) is 3.71. The lowest BCUT2D eigenvalue weighted by Crippen LogP contribution is -2.52. The number of hydrazine groups is 2. The molecule has 2 aliphatic heterocycles. The molecular weight excluding hydrogens is 358 g/mol. The van der Waals surface area contributed by atoms with Gasteiger partial charge in [0, 0.05) is 31.5 Å². The zero-order valence-corrected chi connectivity index (χ0v) is 16.2. The van der Waals surface area contributed by atoms with Crippen LogP contribution in [0.2, 0.25) is 0 Å². The first-order valence-electron chi connectivity index (χ1n) is 10.0. The van der Waals surface area contributed by atoms with Crippen molar-refractivity contribution in [3.63, 3.8) is 0 Å². The van der Waals surface area contributed by atoms with Crippen molar-refractivity contribution in [1.29, 1.82) is 0 Å². The van der Waals surface area contributed by atoms with Gasteiger partial charge in [-0.3, -0.25) is 25.2 Å². The Hall–Kier alpha value is -2.45. The van der Waals surface area contributed by atoms with E-state index in [0.29, 0.717) is 38.8 Å². The maximum Gasteiger partial charge on any atom is 0.256 e. The molecule has 0 aliphatic carbocycles. The maximum atomic E-state index is 12.3. The van der Waals surface area contributed by atoms with Crippen LogP contribution in [0.3, 0.4) is 0 Å². The molecule has 3 amide bonds. The van der Waals surface area contributed by atoms with Crippen molar-refractivity contribution in [1.82, 2.24) is 26.6 Å². The Morgan fingerprint density at radius 3 is 2.39 bits per heavy atom. The molecule has 0 spiro atoms. The molecule has 8 nitrogen and oxygen atoms in total. The van der Waals surface area contributed by atoms with Gasteiger partial charge >= 0.3 is 0 Å². The van der Waals surface area contributed by atoms with E-state index in [2.05, 4.69) is 21.7 Å². The highest BCUT2D eigenvalue weighted by Gasteiger charge is 2.31. The van der Waals surface area contributed by atoms with Gasteiger partial charge in [0.15, 0.2) is 0 Å². The lowest BCUT2D eigenvalue weighted by atomic mass is 9.96. The van der Waals surface area contributed by atoms with Crippen LogP contribution in [-0.4, -0.2) is 41.8 Å². The second kappa shape index (κ2) is 9.66. The van der Waals surface area contributed by atoms with Crippen molar-refractivity contribution in [2.45, 2.75) is 51.1 Å². The van der Waals surface area contributed by atoms with E-state index < -0.39 is 6.04 Å². The molecule has 28 heavy (non-hydrogen) atoms. The van der Waals surface area contributed by atoms with Crippen LogP contribution < -0.4 is 21.7 Å². The number of nitrogens with one attached hydrogen (secondary N) is 4. The topological polar surface area (TPSA) is 103 Å². The highest BCUT2D eigenvalue weighted by molar-refractivity contribution is 5.86. The summed E-state index contributed by atoms with van der Waals surface area (Å²) in [4.78, 5) is 38.4. The van der Waals surface area contributed by atoms with E-state index in [1.54, 1.807) is 0 Å². The Morgan fingerprint density at radius 1 is 1.04 bits per heavy atom. The molecule has 2 unspecified atom stereocenters. The van der Waals surface area contributed by atoms with Gasteiger partial charge in [-0.1, -0.05) is 37.3 Å². The smallest absolute Gasteiger partial charge is 0.256 e. The monoisotopic (exact) mass is 387 g/mol. The zero-order valence-electron chi connectivity index (χ0n) is 16.2. The van der Waals surface area contributed by atoms with Gasteiger partial charge in [0.1, 0.15) is 6.04 Å². The molecule has 8 heteroatoms. The Balaban J connectivity index is 1.39. The first-order chi connectivity index (χ1) is 13.6. The summed E-state index contributed by atoms with van der Waals surface area (Å²) in [6.07, 6.45) is 3.23. The minimum atomic E-state index is -0.418. The molecule has 3 rings (SSSR count). The van der Waals surface area contributed by atoms with Crippen LogP contribution in [0.4, 0.5) is 0 Å². The highest BCUT2D eigenvalue weighted by Crippen LogP contribution is 2.22. The molecule has 2 heterocycles. The van der Waals surface area contributed by atoms with Gasteiger partial charge in [0.25, 0.3) is 5.91 Å². The molecule has 0 radical (unpaired) electrons. The standard InChI is InChI=1S/C20H29N5O3/c1-2-6-18(26)25-11-9-15(10-12-25)19(27)23-24-20(28)17-13-16(21-22-17)14-7-4-3-5-8-14/h3-5,7-8,15-17,21-22H,2,6,9-13H2,1H3,(H,23,27)(H,24,28). The third-order valence-corrected chi connectivity index (χ3v) is 5.41. The number of carbonyl (C=O) groups excluding carboxylic acids is 3. The van der Waals surface area contributed by atoms with Crippen LogP contribution in [0.15, 0.2) is 30.3 Å². The van der Waals surface area contributed by atoms with E-state index in [-0.39, 0.29) is 29.7 Å². The SMILES string of the molecule is CCCC(=O)N1CCC(C(=O)NNC(=O)C2CC(c3ccccc3)NN2)CC1. The van der Waals surface area contributed by atoms with Crippen LogP contribution in [0.5, 0.6) is 0 Å². The molecule has 1 aromatic rings. The Kier molecular flexibility index (Phi) is 7.00. The van der Waals surface area contributed by atoms with Gasteiger partial charge in [0.05, 0.1) is 0 Å². The van der Waals surface area contributed by atoms with Gasteiger partial charge in [-0.25, -0.2) is 10.9 Å². The molecule has 152 valence electrons. The zero-order chi connectivity index (χ0) is 19.9. The summed E-state index contributed by atoms with van der Waals surface area (Å²) >= 11 is 0. The summed E-state index contributed by atoms with van der Waals surface area (Å²) in [5.41, 5.74) is 12.3. The van der Waals surface area contributed by atoms with Crippen molar-refractivity contribution in [2.24, 2.45) is 5.92 Å². The van der Waals surface area contributed by atoms with Gasteiger partial charge in [-0.2, -0.15) is 0 Å². The largest absolute Gasteiger partial charge is 0.343 e. The van der Waals surface area contributed by atoms with Gasteiger partial charge in [0.2, 0.25) is 11.8 Å². The first-order valence-corrected chi connectivity index (χ1v) is 10.0. The molecule has 0 bridgehead atoms. The molecular formula is C20H29N5O3. The third-order valence-electron chi connectivity index (χ3n) is 5.41. The number of carbonyl (C=O) groups is 3. The van der Waals surface area contributed by atoms with Gasteiger partial charge in [-0.05, 0) is 31.2 Å². The molecule has 4 N–H and O–H groups in total. The predicted molar refractivity (Wildman–Crippen MR) is 104 cm³/mol. The van der Waals surface area contributed by atoms with E-state index >= 15 is 0 Å². The molecule has 1 aromatic carbocycles. The fraction of sp³-hybridized carbons (Fsp3) is 0.550. The van der Waals surface area contributed by atoms with Crippen molar-refractivity contribution >= 4 is 17.7 Å². The van der Waals surface area contributed by atoms with Crippen LogP contribution >= 0.6 is 0 Å². The van der Waals surface area contributed by atoms with E-state index in [4.69, 9.17) is 0 Å². The summed E-state index contributed by atoms with van der Waals surface area (Å²) in [7, 11) is 0. The van der Waals surface area contributed by atoms with Crippen molar-refractivity contribution in [3.8, 4) is 0 Å². The first kappa shape index (κ1) is 20.3. The molecule has 0 saturated carbocycles. The van der Waals surface area contributed by atoms with Crippen LogP contribution in [0.1, 0.15) is 50.6 Å². The maximum absolute atomic E-state index is 12.3. The van der Waals surface area contributed by atoms with Gasteiger partial charge in [-0.15, -0.1) is 0 Å². The second-order valence-corrected chi connectivity index (χ2v) is 7.42. The number of amides is 3. The number of piperidine rings is 1.